The van der Waals surface area contributed by atoms with E-state index in [2.05, 4.69) is 0 Å². The van der Waals surface area contributed by atoms with Gasteiger partial charge in [-0.3, -0.25) is 4.79 Å². The standard InChI is InChI=1S/C18H18ClNO3/c1-20(14-7-5-4-6-8-14)17(21)10-9-13-11-15(19)18(23-3)16(12-13)22-2/h4-12H,1-3H3/b10-9+. The van der Waals surface area contributed by atoms with Crippen LogP contribution in [0.3, 0.4) is 0 Å². The van der Waals surface area contributed by atoms with Crippen LogP contribution in [0, 0.1) is 0 Å². The molecule has 0 bridgehead atoms. The zero-order valence-electron chi connectivity index (χ0n) is 13.2. The topological polar surface area (TPSA) is 38.8 Å². The minimum Gasteiger partial charge on any atom is -0.493 e. The first kappa shape index (κ1) is 16.9. The summed E-state index contributed by atoms with van der Waals surface area (Å²) in [7, 11) is 4.79. The van der Waals surface area contributed by atoms with E-state index < -0.39 is 0 Å². The summed E-state index contributed by atoms with van der Waals surface area (Å²) in [6.07, 6.45) is 3.18. The van der Waals surface area contributed by atoms with Gasteiger partial charge in [-0.1, -0.05) is 29.8 Å². The van der Waals surface area contributed by atoms with Crippen LogP contribution in [0.1, 0.15) is 5.56 Å². The zero-order chi connectivity index (χ0) is 16.8. The minimum atomic E-state index is -0.137. The lowest BCUT2D eigenvalue weighted by atomic mass is 10.2. The highest BCUT2D eigenvalue weighted by Gasteiger charge is 2.11. The number of nitrogens with zero attached hydrogens (tertiary/aromatic N) is 1. The number of likely N-dealkylation sites (N-methyl/N-ethyl adjacent to an activating group) is 1. The van der Waals surface area contributed by atoms with Crippen molar-refractivity contribution in [3.8, 4) is 11.5 Å². The maximum absolute atomic E-state index is 12.2. The third kappa shape index (κ3) is 4.05. The molecule has 0 aliphatic rings. The number of hydrogen-bond donors (Lipinski definition) is 0. The number of anilines is 1. The van der Waals surface area contributed by atoms with Crippen LogP contribution < -0.4 is 14.4 Å². The zero-order valence-corrected chi connectivity index (χ0v) is 14.0. The SMILES string of the molecule is COc1cc(/C=C/C(=O)N(C)c2ccccc2)cc(Cl)c1OC. The number of para-hydroxylation sites is 1. The van der Waals surface area contributed by atoms with E-state index in [4.69, 9.17) is 21.1 Å². The van der Waals surface area contributed by atoms with Crippen LogP contribution in [-0.2, 0) is 4.79 Å². The van der Waals surface area contributed by atoms with Crippen molar-refractivity contribution in [3.05, 3.63) is 59.1 Å². The highest BCUT2D eigenvalue weighted by molar-refractivity contribution is 6.32. The molecule has 0 radical (unpaired) electrons. The fourth-order valence-electron chi connectivity index (χ4n) is 2.09. The van der Waals surface area contributed by atoms with E-state index >= 15 is 0 Å². The molecule has 1 amide bonds. The molecule has 0 aromatic heterocycles. The Morgan fingerprint density at radius 2 is 1.83 bits per heavy atom. The normalized spacial score (nSPS) is 10.6. The summed E-state index contributed by atoms with van der Waals surface area (Å²) in [6.45, 7) is 0. The second-order valence-electron chi connectivity index (χ2n) is 4.80. The molecule has 120 valence electrons. The van der Waals surface area contributed by atoms with E-state index in [1.165, 1.54) is 20.3 Å². The molecule has 5 heteroatoms. The number of carbonyl (C=O) groups excluding carboxylic acids is 1. The highest BCUT2D eigenvalue weighted by atomic mass is 35.5. The van der Waals surface area contributed by atoms with E-state index in [9.17, 15) is 4.79 Å². The first-order valence-corrected chi connectivity index (χ1v) is 7.37. The van der Waals surface area contributed by atoms with Crippen LogP contribution in [0.4, 0.5) is 5.69 Å². The van der Waals surface area contributed by atoms with Crippen molar-refractivity contribution in [1.82, 2.24) is 0 Å². The molecule has 2 aromatic carbocycles. The average Bonchev–Trinajstić information content (AvgIpc) is 2.59. The van der Waals surface area contributed by atoms with Crippen LogP contribution in [0.15, 0.2) is 48.5 Å². The fraction of sp³-hybridized carbons (Fsp3) is 0.167. The van der Waals surface area contributed by atoms with Crippen molar-refractivity contribution in [2.24, 2.45) is 0 Å². The first-order valence-electron chi connectivity index (χ1n) is 6.99. The van der Waals surface area contributed by atoms with Crippen LogP contribution >= 0.6 is 11.6 Å². The monoisotopic (exact) mass is 331 g/mol. The second-order valence-corrected chi connectivity index (χ2v) is 5.21. The van der Waals surface area contributed by atoms with Gasteiger partial charge in [0.2, 0.25) is 0 Å². The molecule has 0 saturated carbocycles. The molecule has 0 N–H and O–H groups in total. The number of benzene rings is 2. The van der Waals surface area contributed by atoms with E-state index in [-0.39, 0.29) is 5.91 Å². The summed E-state index contributed by atoms with van der Waals surface area (Å²) in [6, 6.07) is 12.9. The molecule has 0 atom stereocenters. The van der Waals surface area contributed by atoms with Crippen molar-refractivity contribution in [1.29, 1.82) is 0 Å². The lowest BCUT2D eigenvalue weighted by molar-refractivity contribution is -0.113. The fourth-order valence-corrected chi connectivity index (χ4v) is 2.39. The van der Waals surface area contributed by atoms with Crippen molar-refractivity contribution in [3.63, 3.8) is 0 Å². The van der Waals surface area contributed by atoms with Crippen molar-refractivity contribution in [2.45, 2.75) is 0 Å². The molecule has 0 heterocycles. The Balaban J connectivity index is 2.20. The highest BCUT2D eigenvalue weighted by Crippen LogP contribution is 2.36. The number of methoxy groups -OCH3 is 2. The molecule has 23 heavy (non-hydrogen) atoms. The smallest absolute Gasteiger partial charge is 0.250 e. The Morgan fingerprint density at radius 1 is 1.13 bits per heavy atom. The van der Waals surface area contributed by atoms with Crippen molar-refractivity contribution < 1.29 is 14.3 Å². The van der Waals surface area contributed by atoms with Crippen molar-refractivity contribution in [2.75, 3.05) is 26.2 Å². The Morgan fingerprint density at radius 3 is 2.43 bits per heavy atom. The van der Waals surface area contributed by atoms with Gasteiger partial charge in [0.25, 0.3) is 5.91 Å². The summed E-state index contributed by atoms with van der Waals surface area (Å²) in [4.78, 5) is 13.8. The summed E-state index contributed by atoms with van der Waals surface area (Å²) < 4.78 is 10.4. The van der Waals surface area contributed by atoms with Gasteiger partial charge in [0.15, 0.2) is 11.5 Å². The first-order chi connectivity index (χ1) is 11.1. The molecular weight excluding hydrogens is 314 g/mol. The van der Waals surface area contributed by atoms with Gasteiger partial charge in [-0.25, -0.2) is 0 Å². The molecule has 0 fully saturated rings. The molecule has 0 unspecified atom stereocenters. The van der Waals surface area contributed by atoms with E-state index in [1.54, 1.807) is 30.2 Å². The molecule has 0 aliphatic heterocycles. The number of amides is 1. The van der Waals surface area contributed by atoms with Gasteiger partial charge in [-0.2, -0.15) is 0 Å². The Labute approximate surface area is 140 Å². The van der Waals surface area contributed by atoms with Gasteiger partial charge in [0, 0.05) is 18.8 Å². The predicted molar refractivity (Wildman–Crippen MR) is 93.4 cm³/mol. The molecule has 0 saturated heterocycles. The average molecular weight is 332 g/mol. The lowest BCUT2D eigenvalue weighted by Crippen LogP contribution is -2.23. The third-order valence-electron chi connectivity index (χ3n) is 3.35. The maximum atomic E-state index is 12.2. The number of ether oxygens (including phenoxy) is 2. The number of halogens is 1. The van der Waals surface area contributed by atoms with Gasteiger partial charge in [-0.05, 0) is 35.9 Å². The molecule has 2 rings (SSSR count). The van der Waals surface area contributed by atoms with Crippen LogP contribution in [0.25, 0.3) is 6.08 Å². The largest absolute Gasteiger partial charge is 0.493 e. The molecule has 0 aliphatic carbocycles. The van der Waals surface area contributed by atoms with E-state index in [0.717, 1.165) is 11.3 Å². The Hall–Kier alpha value is -2.46. The summed E-state index contributed by atoms with van der Waals surface area (Å²) in [5.74, 6) is 0.852. The quantitative estimate of drug-likeness (QED) is 0.776. The Kier molecular flexibility index (Phi) is 5.66. The summed E-state index contributed by atoms with van der Waals surface area (Å²) >= 11 is 6.15. The van der Waals surface area contributed by atoms with Crippen LogP contribution in [0.5, 0.6) is 11.5 Å². The Bertz CT molecular complexity index is 714. The number of carbonyl (C=O) groups is 1. The van der Waals surface area contributed by atoms with Crippen LogP contribution in [-0.4, -0.2) is 27.2 Å². The van der Waals surface area contributed by atoms with Gasteiger partial charge >= 0.3 is 0 Å². The third-order valence-corrected chi connectivity index (χ3v) is 3.63. The minimum absolute atomic E-state index is 0.137. The number of rotatable bonds is 5. The predicted octanol–water partition coefficient (Wildman–Crippen LogP) is 4.03. The second kappa shape index (κ2) is 7.70. The van der Waals surface area contributed by atoms with Gasteiger partial charge in [0.1, 0.15) is 0 Å². The molecule has 2 aromatic rings. The summed E-state index contributed by atoms with van der Waals surface area (Å²) in [5.41, 5.74) is 1.58. The number of hydrogen-bond acceptors (Lipinski definition) is 3. The molecular formula is C18H18ClNO3. The maximum Gasteiger partial charge on any atom is 0.250 e. The van der Waals surface area contributed by atoms with Crippen molar-refractivity contribution >= 4 is 29.3 Å². The molecule has 0 spiro atoms. The van der Waals surface area contributed by atoms with Gasteiger partial charge in [0.05, 0.1) is 19.2 Å². The summed E-state index contributed by atoms with van der Waals surface area (Å²) in [5, 5.41) is 0.426. The molecule has 4 nitrogen and oxygen atoms in total. The van der Waals surface area contributed by atoms with Gasteiger partial charge < -0.3 is 14.4 Å². The van der Waals surface area contributed by atoms with Gasteiger partial charge in [-0.15, -0.1) is 0 Å². The lowest BCUT2D eigenvalue weighted by Gasteiger charge is -2.15. The van der Waals surface area contributed by atoms with E-state index in [1.807, 2.05) is 30.3 Å². The van der Waals surface area contributed by atoms with Crippen LogP contribution in [0.2, 0.25) is 5.02 Å². The van der Waals surface area contributed by atoms with E-state index in [0.29, 0.717) is 16.5 Å².